The van der Waals surface area contributed by atoms with Gasteiger partial charge in [-0.25, -0.2) is 9.59 Å². The van der Waals surface area contributed by atoms with Gasteiger partial charge in [0.1, 0.15) is 6.61 Å². The number of aliphatic hydroxyl groups is 1. The second kappa shape index (κ2) is 22.9. The SMILES string of the molecule is C#CC#CC#CC#CC#CC#CC#CC(=O)OC[C@H](CO)OC(=O)C#CC#CC#CC#CC#CC#C. The molecule has 0 spiro atoms. The van der Waals surface area contributed by atoms with Crippen LogP contribution in [0.25, 0.3) is 0 Å². The van der Waals surface area contributed by atoms with Crippen molar-refractivity contribution in [3.63, 3.8) is 0 Å². The van der Waals surface area contributed by atoms with Crippen LogP contribution in [0.2, 0.25) is 0 Å². The highest BCUT2D eigenvalue weighted by atomic mass is 16.6. The highest BCUT2D eigenvalue weighted by Crippen LogP contribution is 1.94. The minimum absolute atomic E-state index is 0.453. The molecule has 0 aliphatic heterocycles. The first-order chi connectivity index (χ1) is 17.6. The van der Waals surface area contributed by atoms with E-state index in [1.165, 1.54) is 0 Å². The molecule has 0 saturated carbocycles. The molecule has 0 aromatic heterocycles. The molecule has 5 nitrogen and oxygen atoms in total. The Balaban J connectivity index is 4.58. The minimum atomic E-state index is -1.15. The fourth-order valence-electron chi connectivity index (χ4n) is 1.25. The number of terminal acetylenes is 2. The number of hydrogen-bond acceptors (Lipinski definition) is 5. The van der Waals surface area contributed by atoms with Gasteiger partial charge in [0.05, 0.1) is 6.61 Å². The van der Waals surface area contributed by atoms with Crippen molar-refractivity contribution in [1.29, 1.82) is 0 Å². The van der Waals surface area contributed by atoms with E-state index >= 15 is 0 Å². The van der Waals surface area contributed by atoms with Crippen LogP contribution >= 0.6 is 0 Å². The zero-order valence-electron chi connectivity index (χ0n) is 18.2. The van der Waals surface area contributed by atoms with Crippen molar-refractivity contribution in [2.75, 3.05) is 13.2 Å². The Labute approximate surface area is 210 Å². The second-order valence-corrected chi connectivity index (χ2v) is 4.85. The van der Waals surface area contributed by atoms with Gasteiger partial charge in [0.2, 0.25) is 0 Å². The average Bonchev–Trinajstić information content (AvgIpc) is 2.88. The first-order valence-electron chi connectivity index (χ1n) is 9.05. The van der Waals surface area contributed by atoms with Crippen molar-refractivity contribution < 1.29 is 24.2 Å². The lowest BCUT2D eigenvalue weighted by molar-refractivity contribution is -0.153. The van der Waals surface area contributed by atoms with Gasteiger partial charge in [0.15, 0.2) is 6.10 Å². The number of aliphatic hydroxyl groups excluding tert-OH is 1. The number of rotatable bonds is 4. The average molecular weight is 460 g/mol. The van der Waals surface area contributed by atoms with E-state index in [4.69, 9.17) is 22.3 Å². The number of carbonyl (C=O) groups is 2. The van der Waals surface area contributed by atoms with Crippen LogP contribution in [0.4, 0.5) is 0 Å². The Kier molecular flexibility index (Phi) is 18.5. The molecule has 0 aliphatic rings. The third-order valence-electron chi connectivity index (χ3n) is 2.48. The zero-order valence-corrected chi connectivity index (χ0v) is 18.2. The maximum Gasteiger partial charge on any atom is 0.385 e. The number of hydrogen-bond donors (Lipinski definition) is 1. The summed E-state index contributed by atoms with van der Waals surface area (Å²) in [6.45, 7) is -1.07. The smallest absolute Gasteiger partial charge is 0.385 e. The normalized spacial score (nSPS) is 6.53. The molecule has 0 amide bonds. The fourth-order valence-corrected chi connectivity index (χ4v) is 1.25. The summed E-state index contributed by atoms with van der Waals surface area (Å²) in [6.07, 6.45) is 8.66. The van der Waals surface area contributed by atoms with Crippen LogP contribution < -0.4 is 0 Å². The van der Waals surface area contributed by atoms with E-state index in [1.54, 1.807) is 0 Å². The molecule has 0 radical (unpaired) electrons. The lowest BCUT2D eigenvalue weighted by atomic mass is 10.4. The largest absolute Gasteiger partial charge is 0.452 e. The highest BCUT2D eigenvalue weighted by molar-refractivity contribution is 5.90. The third-order valence-corrected chi connectivity index (χ3v) is 2.48. The van der Waals surface area contributed by atoms with E-state index in [0.717, 1.165) is 0 Å². The molecule has 0 bridgehead atoms. The third kappa shape index (κ3) is 20.5. The van der Waals surface area contributed by atoms with Crippen LogP contribution in [0.1, 0.15) is 0 Å². The monoisotopic (exact) mass is 460 g/mol. The summed E-state index contributed by atoms with van der Waals surface area (Å²) >= 11 is 0. The van der Waals surface area contributed by atoms with Crippen molar-refractivity contribution in [3.05, 3.63) is 0 Å². The van der Waals surface area contributed by atoms with E-state index in [1.807, 2.05) is 0 Å². The van der Waals surface area contributed by atoms with Crippen LogP contribution in [0.15, 0.2) is 0 Å². The van der Waals surface area contributed by atoms with E-state index < -0.39 is 31.3 Å². The van der Waals surface area contributed by atoms with E-state index in [0.29, 0.717) is 0 Å². The summed E-state index contributed by atoms with van der Waals surface area (Å²) in [7, 11) is 0. The van der Waals surface area contributed by atoms with Crippen LogP contribution in [-0.2, 0) is 19.1 Å². The predicted molar refractivity (Wildman–Crippen MR) is 131 cm³/mol. The molecule has 0 unspecified atom stereocenters. The zero-order chi connectivity index (χ0) is 26.5. The topological polar surface area (TPSA) is 72.8 Å². The summed E-state index contributed by atoms with van der Waals surface area (Å²) in [5.74, 6) is 53.1. The maximum absolute atomic E-state index is 11.6. The molecule has 0 aliphatic carbocycles. The summed E-state index contributed by atoms with van der Waals surface area (Å²) in [6, 6.07) is 0. The van der Waals surface area contributed by atoms with E-state index in [9.17, 15) is 14.7 Å². The minimum Gasteiger partial charge on any atom is -0.452 e. The Hall–Kier alpha value is -6.82. The van der Waals surface area contributed by atoms with Crippen LogP contribution in [-0.4, -0.2) is 36.4 Å². The Morgan fingerprint density at radius 2 is 0.889 bits per heavy atom. The Morgan fingerprint density at radius 3 is 1.25 bits per heavy atom. The van der Waals surface area contributed by atoms with Gasteiger partial charge in [-0.05, 0) is 130 Å². The molecule has 0 aromatic rings. The number of esters is 2. The van der Waals surface area contributed by atoms with Gasteiger partial charge < -0.3 is 14.6 Å². The van der Waals surface area contributed by atoms with Crippen LogP contribution in [0.5, 0.6) is 0 Å². The highest BCUT2D eigenvalue weighted by Gasteiger charge is 2.14. The molecular formula is C31H8O5. The van der Waals surface area contributed by atoms with Gasteiger partial charge in [-0.1, -0.05) is 0 Å². The first kappa shape index (κ1) is 29.2. The van der Waals surface area contributed by atoms with Crippen molar-refractivity contribution in [3.8, 4) is 155 Å². The standard InChI is InChI=1S/C31H8O5/c1-3-5-7-9-11-13-15-16-18-19-21-23-25-30(33)35-28-29(27-32)36-31(34)26-24-22-20-17-14-12-10-8-6-4-2/h1-2,29,32H,27-28H2/t29-/m0/s1. The maximum atomic E-state index is 11.6. The van der Waals surface area contributed by atoms with Gasteiger partial charge in [-0.15, -0.1) is 12.8 Å². The van der Waals surface area contributed by atoms with Gasteiger partial charge in [-0.3, -0.25) is 0 Å². The number of ether oxygens (including phenoxy) is 2. The molecule has 0 rings (SSSR count). The lowest BCUT2D eigenvalue weighted by Crippen LogP contribution is -2.27. The number of carbonyl (C=O) groups excluding carboxylic acids is 2. The molecule has 5 heteroatoms. The lowest BCUT2D eigenvalue weighted by Gasteiger charge is -2.12. The van der Waals surface area contributed by atoms with Crippen LogP contribution in [0, 0.1) is 155 Å². The second-order valence-electron chi connectivity index (χ2n) is 4.85. The molecule has 1 atom stereocenters. The van der Waals surface area contributed by atoms with Crippen molar-refractivity contribution in [2.24, 2.45) is 0 Å². The van der Waals surface area contributed by atoms with Crippen molar-refractivity contribution in [1.82, 2.24) is 0 Å². The van der Waals surface area contributed by atoms with E-state index in [2.05, 4.69) is 142 Å². The first-order valence-corrected chi connectivity index (χ1v) is 9.05. The molecule has 0 fully saturated rings. The molecule has 0 heterocycles. The van der Waals surface area contributed by atoms with E-state index in [-0.39, 0.29) is 0 Å². The molecule has 0 aromatic carbocycles. The van der Waals surface area contributed by atoms with Crippen LogP contribution in [0.3, 0.4) is 0 Å². The van der Waals surface area contributed by atoms with Gasteiger partial charge in [-0.2, -0.15) is 0 Å². The van der Waals surface area contributed by atoms with Gasteiger partial charge in [0, 0.05) is 11.8 Å². The summed E-state index contributed by atoms with van der Waals surface area (Å²) in [5.41, 5.74) is 0. The Bertz CT molecular complexity index is 1660. The summed E-state index contributed by atoms with van der Waals surface area (Å²) in [4.78, 5) is 23.1. The molecule has 162 valence electrons. The molecule has 0 saturated heterocycles. The van der Waals surface area contributed by atoms with Gasteiger partial charge >= 0.3 is 11.9 Å². The predicted octanol–water partition coefficient (Wildman–Crippen LogP) is -1.26. The molecular weight excluding hydrogens is 452 g/mol. The van der Waals surface area contributed by atoms with Gasteiger partial charge in [0.25, 0.3) is 0 Å². The molecule has 1 N–H and O–H groups in total. The quantitative estimate of drug-likeness (QED) is 0.322. The van der Waals surface area contributed by atoms with Crippen molar-refractivity contribution >= 4 is 11.9 Å². The fraction of sp³-hybridized carbons (Fsp3) is 0.0968. The summed E-state index contributed by atoms with van der Waals surface area (Å²) < 4.78 is 9.58. The summed E-state index contributed by atoms with van der Waals surface area (Å²) in [5, 5.41) is 9.22. The molecule has 36 heavy (non-hydrogen) atoms. The Morgan fingerprint density at radius 1 is 0.556 bits per heavy atom. The van der Waals surface area contributed by atoms with Crippen molar-refractivity contribution in [2.45, 2.75) is 6.10 Å².